The number of amides is 2. The molecule has 0 aliphatic rings. The maximum Gasteiger partial charge on any atom is 0.233 e. The summed E-state index contributed by atoms with van der Waals surface area (Å²) < 4.78 is 0. The molecule has 0 heterocycles. The first kappa shape index (κ1) is 16.2. The summed E-state index contributed by atoms with van der Waals surface area (Å²) >= 11 is 0. The lowest BCUT2D eigenvalue weighted by molar-refractivity contribution is -0.126. The number of carbonyl (C=O) groups is 2. The molecule has 0 spiro atoms. The fourth-order valence-electron chi connectivity index (χ4n) is 1.68. The third-order valence-corrected chi connectivity index (χ3v) is 2.89. The van der Waals surface area contributed by atoms with Gasteiger partial charge in [-0.1, -0.05) is 39.8 Å². The van der Waals surface area contributed by atoms with Gasteiger partial charge in [0.05, 0.1) is 0 Å². The van der Waals surface area contributed by atoms with Crippen molar-refractivity contribution in [1.82, 2.24) is 5.32 Å². The highest BCUT2D eigenvalue weighted by Gasteiger charge is 2.10. The lowest BCUT2D eigenvalue weighted by Gasteiger charge is -2.09. The van der Waals surface area contributed by atoms with Crippen molar-refractivity contribution in [2.45, 2.75) is 40.0 Å². The van der Waals surface area contributed by atoms with Crippen LogP contribution in [0.5, 0.6) is 0 Å². The Morgan fingerprint density at radius 2 is 1.60 bits per heavy atom. The molecule has 2 amide bonds. The zero-order valence-electron chi connectivity index (χ0n) is 12.7. The second-order valence-electron chi connectivity index (χ2n) is 5.70. The monoisotopic (exact) mass is 276 g/mol. The summed E-state index contributed by atoms with van der Waals surface area (Å²) in [4.78, 5) is 23.2. The molecule has 1 rings (SSSR count). The Hall–Kier alpha value is -1.84. The van der Waals surface area contributed by atoms with Crippen LogP contribution in [0.4, 0.5) is 5.69 Å². The molecule has 2 N–H and O–H groups in total. The molecule has 1 aromatic rings. The minimum absolute atomic E-state index is 0.140. The molecule has 20 heavy (non-hydrogen) atoms. The van der Waals surface area contributed by atoms with Crippen molar-refractivity contribution in [2.24, 2.45) is 5.92 Å². The zero-order chi connectivity index (χ0) is 15.1. The maximum atomic E-state index is 11.7. The van der Waals surface area contributed by atoms with Gasteiger partial charge in [-0.05, 0) is 29.5 Å². The van der Waals surface area contributed by atoms with E-state index in [1.54, 1.807) is 0 Å². The molecule has 0 bridgehead atoms. The van der Waals surface area contributed by atoms with Gasteiger partial charge in [-0.25, -0.2) is 0 Å². The largest absolute Gasteiger partial charge is 0.355 e. The first-order valence-electron chi connectivity index (χ1n) is 7.05. The quantitative estimate of drug-likeness (QED) is 0.785. The normalized spacial score (nSPS) is 10.7. The van der Waals surface area contributed by atoms with Crippen LogP contribution < -0.4 is 10.6 Å². The van der Waals surface area contributed by atoms with E-state index in [0.717, 1.165) is 5.69 Å². The summed E-state index contributed by atoms with van der Waals surface area (Å²) in [6.45, 7) is 8.85. The third kappa shape index (κ3) is 5.87. The fourth-order valence-corrected chi connectivity index (χ4v) is 1.68. The van der Waals surface area contributed by atoms with E-state index in [-0.39, 0.29) is 18.2 Å². The van der Waals surface area contributed by atoms with Crippen molar-refractivity contribution < 1.29 is 9.59 Å². The standard InChI is InChI=1S/C16H24N2O2/c1-11(2)10-17-15(19)9-16(20)18-14-7-5-13(6-8-14)12(3)4/h5-8,11-12H,9-10H2,1-4H3,(H,17,19)(H,18,20). The summed E-state index contributed by atoms with van der Waals surface area (Å²) in [6.07, 6.45) is -0.140. The van der Waals surface area contributed by atoms with Gasteiger partial charge >= 0.3 is 0 Å². The van der Waals surface area contributed by atoms with Crippen molar-refractivity contribution in [3.63, 3.8) is 0 Å². The zero-order valence-corrected chi connectivity index (χ0v) is 12.7. The van der Waals surface area contributed by atoms with Crippen molar-refractivity contribution >= 4 is 17.5 Å². The van der Waals surface area contributed by atoms with Crippen molar-refractivity contribution in [1.29, 1.82) is 0 Å². The van der Waals surface area contributed by atoms with Gasteiger partial charge in [0.25, 0.3) is 0 Å². The Labute approximate surface area is 121 Å². The minimum Gasteiger partial charge on any atom is -0.355 e. The molecule has 0 aliphatic heterocycles. The number of anilines is 1. The Morgan fingerprint density at radius 1 is 1.00 bits per heavy atom. The molecule has 4 heteroatoms. The van der Waals surface area contributed by atoms with Crippen molar-refractivity contribution in [2.75, 3.05) is 11.9 Å². The van der Waals surface area contributed by atoms with E-state index in [1.807, 2.05) is 38.1 Å². The Morgan fingerprint density at radius 3 is 2.10 bits per heavy atom. The molecule has 1 aromatic carbocycles. The van der Waals surface area contributed by atoms with Gasteiger partial charge in [0.1, 0.15) is 6.42 Å². The van der Waals surface area contributed by atoms with Crippen LogP contribution >= 0.6 is 0 Å². The summed E-state index contributed by atoms with van der Waals surface area (Å²) in [5.74, 6) is 0.311. The molecule has 0 atom stereocenters. The van der Waals surface area contributed by atoms with Crippen LogP contribution in [0.2, 0.25) is 0 Å². The molecule has 0 aliphatic carbocycles. The Kier molecular flexibility index (Phi) is 6.22. The van der Waals surface area contributed by atoms with Crippen LogP contribution in [0.1, 0.15) is 45.6 Å². The predicted octanol–water partition coefficient (Wildman–Crippen LogP) is 2.91. The second-order valence-corrected chi connectivity index (χ2v) is 5.70. The van der Waals surface area contributed by atoms with E-state index in [2.05, 4.69) is 24.5 Å². The molecular weight excluding hydrogens is 252 g/mol. The van der Waals surface area contributed by atoms with Gasteiger partial charge in [0, 0.05) is 12.2 Å². The number of hydrogen-bond acceptors (Lipinski definition) is 2. The number of carbonyl (C=O) groups excluding carboxylic acids is 2. The number of hydrogen-bond donors (Lipinski definition) is 2. The first-order chi connectivity index (χ1) is 9.38. The van der Waals surface area contributed by atoms with Gasteiger partial charge < -0.3 is 10.6 Å². The number of rotatable bonds is 6. The predicted molar refractivity (Wildman–Crippen MR) is 81.6 cm³/mol. The average Bonchev–Trinajstić information content (AvgIpc) is 2.36. The molecule has 4 nitrogen and oxygen atoms in total. The van der Waals surface area contributed by atoms with Gasteiger partial charge in [0.15, 0.2) is 0 Å². The van der Waals surface area contributed by atoms with Crippen LogP contribution in [-0.2, 0) is 9.59 Å². The molecule has 0 saturated carbocycles. The average molecular weight is 276 g/mol. The molecule has 0 aromatic heterocycles. The fraction of sp³-hybridized carbons (Fsp3) is 0.500. The van der Waals surface area contributed by atoms with Crippen LogP contribution in [0.3, 0.4) is 0 Å². The van der Waals surface area contributed by atoms with E-state index in [4.69, 9.17) is 0 Å². The third-order valence-electron chi connectivity index (χ3n) is 2.89. The van der Waals surface area contributed by atoms with Crippen molar-refractivity contribution in [3.8, 4) is 0 Å². The Bertz CT molecular complexity index is 450. The van der Waals surface area contributed by atoms with Gasteiger partial charge in [-0.3, -0.25) is 9.59 Å². The van der Waals surface area contributed by atoms with Crippen LogP contribution in [0.25, 0.3) is 0 Å². The number of nitrogens with one attached hydrogen (secondary N) is 2. The topological polar surface area (TPSA) is 58.2 Å². The molecular formula is C16H24N2O2. The van der Waals surface area contributed by atoms with E-state index in [1.165, 1.54) is 5.56 Å². The summed E-state index contributed by atoms with van der Waals surface area (Å²) in [7, 11) is 0. The summed E-state index contributed by atoms with van der Waals surface area (Å²) in [5, 5.41) is 5.45. The first-order valence-corrected chi connectivity index (χ1v) is 7.05. The van der Waals surface area contributed by atoms with E-state index in [0.29, 0.717) is 18.4 Å². The smallest absolute Gasteiger partial charge is 0.233 e. The van der Waals surface area contributed by atoms with E-state index >= 15 is 0 Å². The highest BCUT2D eigenvalue weighted by Crippen LogP contribution is 2.17. The molecule has 0 saturated heterocycles. The van der Waals surface area contributed by atoms with Gasteiger partial charge in [-0.2, -0.15) is 0 Å². The highest BCUT2D eigenvalue weighted by molar-refractivity contribution is 6.03. The summed E-state index contributed by atoms with van der Waals surface area (Å²) in [5.41, 5.74) is 1.94. The van der Waals surface area contributed by atoms with E-state index in [9.17, 15) is 9.59 Å². The molecule has 110 valence electrons. The minimum atomic E-state index is -0.288. The van der Waals surface area contributed by atoms with Crippen LogP contribution in [0, 0.1) is 5.92 Å². The maximum absolute atomic E-state index is 11.7. The molecule has 0 radical (unpaired) electrons. The van der Waals surface area contributed by atoms with Gasteiger partial charge in [-0.15, -0.1) is 0 Å². The van der Waals surface area contributed by atoms with Crippen LogP contribution in [0.15, 0.2) is 24.3 Å². The van der Waals surface area contributed by atoms with Crippen molar-refractivity contribution in [3.05, 3.63) is 29.8 Å². The second kappa shape index (κ2) is 7.68. The lowest BCUT2D eigenvalue weighted by atomic mass is 10.0. The van der Waals surface area contributed by atoms with Crippen LogP contribution in [-0.4, -0.2) is 18.4 Å². The van der Waals surface area contributed by atoms with Gasteiger partial charge in [0.2, 0.25) is 11.8 Å². The number of benzene rings is 1. The summed E-state index contributed by atoms with van der Waals surface area (Å²) in [6, 6.07) is 7.69. The molecule has 0 unspecified atom stereocenters. The molecule has 0 fully saturated rings. The SMILES string of the molecule is CC(C)CNC(=O)CC(=O)Nc1ccc(C(C)C)cc1. The lowest BCUT2D eigenvalue weighted by Crippen LogP contribution is -2.30. The van der Waals surface area contributed by atoms with E-state index < -0.39 is 0 Å². The Balaban J connectivity index is 2.44. The highest BCUT2D eigenvalue weighted by atomic mass is 16.2.